The standard InChI is InChI=1S/C10H11F3N2O/c11-10(12,13)7-4-6-2-1-3-14-5-8(6)15-9(7)16/h4,14H,1-3,5H2,(H,15,16). The summed E-state index contributed by atoms with van der Waals surface area (Å²) in [4.78, 5) is 13.6. The van der Waals surface area contributed by atoms with E-state index in [0.29, 0.717) is 24.2 Å². The lowest BCUT2D eigenvalue weighted by Crippen LogP contribution is -2.24. The van der Waals surface area contributed by atoms with E-state index in [-0.39, 0.29) is 0 Å². The van der Waals surface area contributed by atoms with Crippen molar-refractivity contribution in [3.05, 3.63) is 33.2 Å². The van der Waals surface area contributed by atoms with Gasteiger partial charge >= 0.3 is 6.18 Å². The maximum absolute atomic E-state index is 12.5. The molecule has 0 bridgehead atoms. The zero-order chi connectivity index (χ0) is 11.8. The number of nitrogens with one attached hydrogen (secondary N) is 2. The van der Waals surface area contributed by atoms with Gasteiger partial charge in [0.2, 0.25) is 0 Å². The maximum Gasteiger partial charge on any atom is 0.421 e. The van der Waals surface area contributed by atoms with Crippen LogP contribution in [0.2, 0.25) is 0 Å². The number of hydrogen-bond donors (Lipinski definition) is 2. The second-order valence-electron chi connectivity index (χ2n) is 3.79. The molecule has 1 aliphatic rings. The number of alkyl halides is 3. The smallest absolute Gasteiger partial charge is 0.324 e. The van der Waals surface area contributed by atoms with Crippen molar-refractivity contribution in [3.63, 3.8) is 0 Å². The van der Waals surface area contributed by atoms with Gasteiger partial charge in [-0.15, -0.1) is 0 Å². The number of aryl methyl sites for hydroxylation is 1. The Kier molecular flexibility index (Phi) is 2.75. The fourth-order valence-electron chi connectivity index (χ4n) is 1.82. The minimum absolute atomic E-state index is 0.419. The molecule has 3 nitrogen and oxygen atoms in total. The van der Waals surface area contributed by atoms with Gasteiger partial charge in [-0.1, -0.05) is 0 Å². The van der Waals surface area contributed by atoms with Gasteiger partial charge in [0.25, 0.3) is 5.56 Å². The summed E-state index contributed by atoms with van der Waals surface area (Å²) >= 11 is 0. The molecule has 0 atom stereocenters. The first kappa shape index (κ1) is 11.2. The van der Waals surface area contributed by atoms with E-state index < -0.39 is 17.3 Å². The molecule has 0 aliphatic carbocycles. The molecule has 88 valence electrons. The molecule has 1 aliphatic heterocycles. The van der Waals surface area contributed by atoms with Crippen LogP contribution in [0.15, 0.2) is 10.9 Å². The molecule has 0 saturated carbocycles. The SMILES string of the molecule is O=c1[nH]c2c(cc1C(F)(F)F)CCCNC2. The number of H-pyrrole nitrogens is 1. The van der Waals surface area contributed by atoms with Crippen LogP contribution < -0.4 is 10.9 Å². The molecular formula is C10H11F3N2O. The molecular weight excluding hydrogens is 221 g/mol. The Morgan fingerprint density at radius 2 is 2.06 bits per heavy atom. The molecule has 6 heteroatoms. The molecule has 0 radical (unpaired) electrons. The highest BCUT2D eigenvalue weighted by atomic mass is 19.4. The highest BCUT2D eigenvalue weighted by molar-refractivity contribution is 5.28. The average molecular weight is 232 g/mol. The number of halogens is 3. The molecule has 2 heterocycles. The molecule has 16 heavy (non-hydrogen) atoms. The molecule has 0 aromatic carbocycles. The van der Waals surface area contributed by atoms with E-state index in [9.17, 15) is 18.0 Å². The largest absolute Gasteiger partial charge is 0.421 e. The van der Waals surface area contributed by atoms with Gasteiger partial charge in [-0.3, -0.25) is 4.79 Å². The average Bonchev–Trinajstić information content (AvgIpc) is 2.39. The van der Waals surface area contributed by atoms with Crippen molar-refractivity contribution in [2.24, 2.45) is 0 Å². The summed E-state index contributed by atoms with van der Waals surface area (Å²) in [5.41, 5.74) is -1.02. The normalized spacial score (nSPS) is 16.7. The third-order valence-corrected chi connectivity index (χ3v) is 2.62. The van der Waals surface area contributed by atoms with E-state index in [1.807, 2.05) is 0 Å². The minimum Gasteiger partial charge on any atom is -0.324 e. The molecule has 0 fully saturated rings. The van der Waals surface area contributed by atoms with Crippen molar-refractivity contribution >= 4 is 0 Å². The number of fused-ring (bicyclic) bond motifs is 1. The van der Waals surface area contributed by atoms with Crippen LogP contribution in [0.1, 0.15) is 23.2 Å². The first-order chi connectivity index (χ1) is 7.48. The van der Waals surface area contributed by atoms with Crippen LogP contribution >= 0.6 is 0 Å². The number of hydrogen-bond acceptors (Lipinski definition) is 2. The molecule has 0 unspecified atom stereocenters. The van der Waals surface area contributed by atoms with Crippen molar-refractivity contribution in [1.82, 2.24) is 10.3 Å². The lowest BCUT2D eigenvalue weighted by Gasteiger charge is -2.10. The van der Waals surface area contributed by atoms with E-state index >= 15 is 0 Å². The van der Waals surface area contributed by atoms with Gasteiger partial charge < -0.3 is 10.3 Å². The Hall–Kier alpha value is -1.30. The lowest BCUT2D eigenvalue weighted by atomic mass is 10.1. The molecule has 2 N–H and O–H groups in total. The Bertz CT molecular complexity index is 450. The second kappa shape index (κ2) is 3.93. The predicted octanol–water partition coefficient (Wildman–Crippen LogP) is 1.43. The van der Waals surface area contributed by atoms with Crippen molar-refractivity contribution in [1.29, 1.82) is 0 Å². The molecule has 1 aromatic rings. The Balaban J connectivity index is 2.52. The minimum atomic E-state index is -4.58. The van der Waals surface area contributed by atoms with Crippen LogP contribution in [0.4, 0.5) is 13.2 Å². The second-order valence-corrected chi connectivity index (χ2v) is 3.79. The van der Waals surface area contributed by atoms with Crippen LogP contribution in [-0.4, -0.2) is 11.5 Å². The number of aromatic amines is 1. The van der Waals surface area contributed by atoms with Crippen molar-refractivity contribution < 1.29 is 13.2 Å². The predicted molar refractivity (Wildman–Crippen MR) is 52.1 cm³/mol. The summed E-state index contributed by atoms with van der Waals surface area (Å²) in [6.45, 7) is 1.17. The van der Waals surface area contributed by atoms with Crippen molar-refractivity contribution in [2.45, 2.75) is 25.6 Å². The van der Waals surface area contributed by atoms with Gasteiger partial charge in [-0.05, 0) is 31.0 Å². The van der Waals surface area contributed by atoms with Crippen LogP contribution in [0, 0.1) is 0 Å². The lowest BCUT2D eigenvalue weighted by molar-refractivity contribution is -0.138. The first-order valence-electron chi connectivity index (χ1n) is 5.01. The Labute approximate surface area is 89.7 Å². The number of rotatable bonds is 0. The van der Waals surface area contributed by atoms with E-state index in [1.165, 1.54) is 0 Å². The van der Waals surface area contributed by atoms with Gasteiger partial charge in [-0.25, -0.2) is 0 Å². The topological polar surface area (TPSA) is 44.9 Å². The van der Waals surface area contributed by atoms with Crippen LogP contribution in [0.25, 0.3) is 0 Å². The number of pyridine rings is 1. The molecule has 2 rings (SSSR count). The highest BCUT2D eigenvalue weighted by Gasteiger charge is 2.34. The number of aromatic nitrogens is 1. The fraction of sp³-hybridized carbons (Fsp3) is 0.500. The van der Waals surface area contributed by atoms with Crippen molar-refractivity contribution in [2.75, 3.05) is 6.54 Å². The quantitative estimate of drug-likeness (QED) is 0.710. The monoisotopic (exact) mass is 232 g/mol. The van der Waals surface area contributed by atoms with Crippen LogP contribution in [0.3, 0.4) is 0 Å². The summed E-state index contributed by atoms with van der Waals surface area (Å²) in [6, 6.07) is 0.973. The Morgan fingerprint density at radius 3 is 2.75 bits per heavy atom. The molecule has 0 amide bonds. The van der Waals surface area contributed by atoms with E-state index in [2.05, 4.69) is 10.3 Å². The summed E-state index contributed by atoms with van der Waals surface area (Å²) < 4.78 is 37.5. The fourth-order valence-corrected chi connectivity index (χ4v) is 1.82. The molecule has 0 saturated heterocycles. The third kappa shape index (κ3) is 2.11. The maximum atomic E-state index is 12.5. The zero-order valence-electron chi connectivity index (χ0n) is 8.45. The summed E-state index contributed by atoms with van der Waals surface area (Å²) in [6.07, 6.45) is -3.25. The zero-order valence-corrected chi connectivity index (χ0v) is 8.45. The van der Waals surface area contributed by atoms with E-state index in [0.717, 1.165) is 19.0 Å². The molecule has 0 spiro atoms. The van der Waals surface area contributed by atoms with Gasteiger partial charge in [0.05, 0.1) is 0 Å². The van der Waals surface area contributed by atoms with E-state index in [1.54, 1.807) is 0 Å². The first-order valence-corrected chi connectivity index (χ1v) is 5.01. The molecule has 1 aromatic heterocycles. The van der Waals surface area contributed by atoms with Crippen LogP contribution in [-0.2, 0) is 19.1 Å². The van der Waals surface area contributed by atoms with Gasteiger partial charge in [-0.2, -0.15) is 13.2 Å². The Morgan fingerprint density at radius 1 is 1.31 bits per heavy atom. The van der Waals surface area contributed by atoms with Crippen LogP contribution in [0.5, 0.6) is 0 Å². The summed E-state index contributed by atoms with van der Waals surface area (Å²) in [7, 11) is 0. The summed E-state index contributed by atoms with van der Waals surface area (Å²) in [5, 5.41) is 3.04. The van der Waals surface area contributed by atoms with Gasteiger partial charge in [0.1, 0.15) is 5.56 Å². The highest BCUT2D eigenvalue weighted by Crippen LogP contribution is 2.27. The van der Waals surface area contributed by atoms with E-state index in [4.69, 9.17) is 0 Å². The third-order valence-electron chi connectivity index (χ3n) is 2.62. The van der Waals surface area contributed by atoms with Gasteiger partial charge in [0, 0.05) is 12.2 Å². The van der Waals surface area contributed by atoms with Gasteiger partial charge in [0.15, 0.2) is 0 Å². The summed E-state index contributed by atoms with van der Waals surface area (Å²) in [5.74, 6) is 0. The van der Waals surface area contributed by atoms with Crippen molar-refractivity contribution in [3.8, 4) is 0 Å².